The van der Waals surface area contributed by atoms with Crippen LogP contribution >= 0.6 is 0 Å². The van der Waals surface area contributed by atoms with Crippen LogP contribution < -0.4 is 15.0 Å². The van der Waals surface area contributed by atoms with Gasteiger partial charge in [-0.2, -0.15) is 0 Å². The number of benzene rings is 2. The van der Waals surface area contributed by atoms with Crippen LogP contribution in [0.5, 0.6) is 5.75 Å². The Morgan fingerprint density at radius 1 is 1.16 bits per heavy atom. The minimum absolute atomic E-state index is 0.153. The molecule has 6 nitrogen and oxygen atoms in total. The number of nitrogens with one attached hydrogen (secondary N) is 1. The fraction of sp³-hybridized carbons (Fsp3) is 0.333. The predicted octanol–water partition coefficient (Wildman–Crippen LogP) is 3.81. The van der Waals surface area contributed by atoms with Crippen LogP contribution in [-0.2, 0) is 17.8 Å². The SMILES string of the molecule is O=C(NCCc1cc(F)cc2c1OCOC2)c1cc2ccccc2nc1N1CCCC1. The zero-order valence-electron chi connectivity index (χ0n) is 17.2. The van der Waals surface area contributed by atoms with Crippen LogP contribution in [0.25, 0.3) is 10.9 Å². The van der Waals surface area contributed by atoms with Gasteiger partial charge in [0.15, 0.2) is 6.79 Å². The average Bonchev–Trinajstić information content (AvgIpc) is 3.33. The lowest BCUT2D eigenvalue weighted by atomic mass is 10.1. The molecule has 1 saturated heterocycles. The topological polar surface area (TPSA) is 63.7 Å². The molecule has 2 aliphatic rings. The molecular weight excluding hydrogens is 397 g/mol. The molecule has 0 bridgehead atoms. The second-order valence-electron chi connectivity index (χ2n) is 7.92. The molecule has 3 heterocycles. The Labute approximate surface area is 180 Å². The van der Waals surface area contributed by atoms with Crippen molar-refractivity contribution >= 4 is 22.6 Å². The van der Waals surface area contributed by atoms with E-state index in [1.54, 1.807) is 0 Å². The summed E-state index contributed by atoms with van der Waals surface area (Å²) in [4.78, 5) is 20.1. The van der Waals surface area contributed by atoms with Gasteiger partial charge in [-0.25, -0.2) is 9.37 Å². The number of nitrogens with zero attached hydrogens (tertiary/aromatic N) is 2. The lowest BCUT2D eigenvalue weighted by molar-refractivity contribution is -0.0172. The molecule has 0 aliphatic carbocycles. The summed E-state index contributed by atoms with van der Waals surface area (Å²) in [6.45, 7) is 2.65. The van der Waals surface area contributed by atoms with Crippen LogP contribution in [0.4, 0.5) is 10.2 Å². The van der Waals surface area contributed by atoms with E-state index in [-0.39, 0.29) is 18.5 Å². The first-order chi connectivity index (χ1) is 15.2. The molecule has 2 aromatic carbocycles. The van der Waals surface area contributed by atoms with Crippen molar-refractivity contribution in [3.05, 3.63) is 65.0 Å². The maximum atomic E-state index is 14.0. The van der Waals surface area contributed by atoms with E-state index in [0.29, 0.717) is 36.4 Å². The molecule has 1 amide bonds. The van der Waals surface area contributed by atoms with Crippen molar-refractivity contribution in [2.24, 2.45) is 0 Å². The van der Waals surface area contributed by atoms with E-state index >= 15 is 0 Å². The van der Waals surface area contributed by atoms with E-state index in [0.717, 1.165) is 48.2 Å². The molecule has 1 aromatic heterocycles. The number of halogens is 1. The Hall–Kier alpha value is -3.19. The highest BCUT2D eigenvalue weighted by Gasteiger charge is 2.22. The smallest absolute Gasteiger partial charge is 0.255 e. The molecule has 3 aromatic rings. The Bertz CT molecular complexity index is 1130. The number of hydrogen-bond acceptors (Lipinski definition) is 5. The van der Waals surface area contributed by atoms with Gasteiger partial charge in [-0.05, 0) is 49.1 Å². The number of para-hydroxylation sites is 1. The van der Waals surface area contributed by atoms with E-state index in [4.69, 9.17) is 14.5 Å². The molecule has 0 spiro atoms. The second-order valence-corrected chi connectivity index (χ2v) is 7.92. The Balaban J connectivity index is 1.36. The van der Waals surface area contributed by atoms with Crippen molar-refractivity contribution in [2.75, 3.05) is 31.3 Å². The van der Waals surface area contributed by atoms with E-state index < -0.39 is 0 Å². The van der Waals surface area contributed by atoms with Crippen LogP contribution in [0.15, 0.2) is 42.5 Å². The van der Waals surface area contributed by atoms with E-state index in [9.17, 15) is 9.18 Å². The lowest BCUT2D eigenvalue weighted by Gasteiger charge is -2.22. The molecule has 1 fully saturated rings. The minimum atomic E-state index is -0.329. The summed E-state index contributed by atoms with van der Waals surface area (Å²) in [5.41, 5.74) is 2.89. The molecule has 160 valence electrons. The number of carbonyl (C=O) groups is 1. The van der Waals surface area contributed by atoms with Crippen LogP contribution in [0.1, 0.15) is 34.3 Å². The number of pyridine rings is 1. The Morgan fingerprint density at radius 2 is 2.00 bits per heavy atom. The summed E-state index contributed by atoms with van der Waals surface area (Å²) in [6.07, 6.45) is 2.67. The van der Waals surface area contributed by atoms with E-state index in [1.807, 2.05) is 30.3 Å². The number of amides is 1. The van der Waals surface area contributed by atoms with Gasteiger partial charge in [0.1, 0.15) is 17.4 Å². The number of hydrogen-bond donors (Lipinski definition) is 1. The van der Waals surface area contributed by atoms with E-state index in [2.05, 4.69) is 10.2 Å². The zero-order chi connectivity index (χ0) is 21.2. The van der Waals surface area contributed by atoms with Crippen molar-refractivity contribution < 1.29 is 18.7 Å². The van der Waals surface area contributed by atoms with Gasteiger partial charge >= 0.3 is 0 Å². The Morgan fingerprint density at radius 3 is 2.87 bits per heavy atom. The molecule has 0 radical (unpaired) electrons. The molecule has 0 atom stereocenters. The fourth-order valence-corrected chi connectivity index (χ4v) is 4.29. The normalized spacial score (nSPS) is 15.6. The number of fused-ring (bicyclic) bond motifs is 2. The fourth-order valence-electron chi connectivity index (χ4n) is 4.29. The first-order valence-corrected chi connectivity index (χ1v) is 10.6. The van der Waals surface area contributed by atoms with Gasteiger partial charge in [0.2, 0.25) is 0 Å². The van der Waals surface area contributed by atoms with Crippen molar-refractivity contribution in [3.8, 4) is 5.75 Å². The lowest BCUT2D eigenvalue weighted by Crippen LogP contribution is -2.30. The van der Waals surface area contributed by atoms with Crippen molar-refractivity contribution in [3.63, 3.8) is 0 Å². The number of rotatable bonds is 5. The third-order valence-corrected chi connectivity index (χ3v) is 5.79. The zero-order valence-corrected chi connectivity index (χ0v) is 17.2. The molecule has 31 heavy (non-hydrogen) atoms. The molecule has 7 heteroatoms. The monoisotopic (exact) mass is 421 g/mol. The summed E-state index contributed by atoms with van der Waals surface area (Å²) in [5.74, 6) is 0.892. The van der Waals surface area contributed by atoms with Crippen molar-refractivity contribution in [1.29, 1.82) is 0 Å². The van der Waals surface area contributed by atoms with E-state index in [1.165, 1.54) is 12.1 Å². The number of aromatic nitrogens is 1. The van der Waals surface area contributed by atoms with Crippen LogP contribution in [-0.4, -0.2) is 37.3 Å². The molecule has 2 aliphatic heterocycles. The highest BCUT2D eigenvalue weighted by Crippen LogP contribution is 2.30. The first kappa shape index (κ1) is 19.8. The summed E-state index contributed by atoms with van der Waals surface area (Å²) in [5, 5.41) is 3.92. The number of ether oxygens (including phenoxy) is 2. The maximum Gasteiger partial charge on any atom is 0.255 e. The van der Waals surface area contributed by atoms with Gasteiger partial charge < -0.3 is 19.7 Å². The molecular formula is C24H24FN3O3. The van der Waals surface area contributed by atoms with Crippen LogP contribution in [0, 0.1) is 5.82 Å². The van der Waals surface area contributed by atoms with Gasteiger partial charge in [-0.3, -0.25) is 4.79 Å². The molecule has 1 N–H and O–H groups in total. The quantitative estimate of drug-likeness (QED) is 0.679. The van der Waals surface area contributed by atoms with Crippen molar-refractivity contribution in [1.82, 2.24) is 10.3 Å². The van der Waals surface area contributed by atoms with Crippen molar-refractivity contribution in [2.45, 2.75) is 25.9 Å². The third kappa shape index (κ3) is 4.05. The summed E-state index contributed by atoms with van der Waals surface area (Å²) >= 11 is 0. The highest BCUT2D eigenvalue weighted by molar-refractivity contribution is 6.02. The van der Waals surface area contributed by atoms with Crippen LogP contribution in [0.3, 0.4) is 0 Å². The van der Waals surface area contributed by atoms with Gasteiger partial charge in [0.25, 0.3) is 5.91 Å². The standard InChI is InChI=1S/C24H24FN3O3/c25-19-11-17(22-18(12-19)14-30-15-31-22)7-8-26-24(29)20-13-16-5-1-2-6-21(16)27-23(20)28-9-3-4-10-28/h1-2,5-6,11-13H,3-4,7-10,14-15H2,(H,26,29). The maximum absolute atomic E-state index is 14.0. The molecule has 0 unspecified atom stereocenters. The Kier molecular flexibility index (Phi) is 5.42. The molecule has 5 rings (SSSR count). The highest BCUT2D eigenvalue weighted by atomic mass is 19.1. The number of carbonyl (C=O) groups excluding carboxylic acids is 1. The van der Waals surface area contributed by atoms with Gasteiger partial charge in [0.05, 0.1) is 17.7 Å². The second kappa shape index (κ2) is 8.51. The summed E-state index contributed by atoms with van der Waals surface area (Å²) in [6, 6.07) is 12.6. The summed E-state index contributed by atoms with van der Waals surface area (Å²) in [7, 11) is 0. The minimum Gasteiger partial charge on any atom is -0.467 e. The van der Waals surface area contributed by atoms with Gasteiger partial charge in [-0.15, -0.1) is 0 Å². The third-order valence-electron chi connectivity index (χ3n) is 5.79. The van der Waals surface area contributed by atoms with Gasteiger partial charge in [-0.1, -0.05) is 18.2 Å². The molecule has 0 saturated carbocycles. The first-order valence-electron chi connectivity index (χ1n) is 10.6. The van der Waals surface area contributed by atoms with Crippen LogP contribution in [0.2, 0.25) is 0 Å². The van der Waals surface area contributed by atoms with Gasteiger partial charge in [0, 0.05) is 30.6 Å². The summed E-state index contributed by atoms with van der Waals surface area (Å²) < 4.78 is 24.8. The largest absolute Gasteiger partial charge is 0.467 e. The number of anilines is 1. The predicted molar refractivity (Wildman–Crippen MR) is 116 cm³/mol. The average molecular weight is 421 g/mol.